The van der Waals surface area contributed by atoms with E-state index >= 15 is 0 Å². The number of carboxylic acid groups (broad SMARTS) is 1. The molecule has 2 aromatic rings. The molecule has 12 nitrogen and oxygen atoms in total. The van der Waals surface area contributed by atoms with Gasteiger partial charge in [-0.25, -0.2) is 4.79 Å². The van der Waals surface area contributed by atoms with Crippen LogP contribution in [0.1, 0.15) is 47.7 Å². The summed E-state index contributed by atoms with van der Waals surface area (Å²) in [6.45, 7) is 1.92. The number of carbonyl (C=O) groups is 6. The lowest BCUT2D eigenvalue weighted by Gasteiger charge is -2.29. The topological polar surface area (TPSA) is 162 Å². The first-order valence-electron chi connectivity index (χ1n) is 13.6. The Morgan fingerprint density at radius 3 is 2.63 bits per heavy atom. The van der Waals surface area contributed by atoms with E-state index in [1.165, 1.54) is 31.4 Å². The van der Waals surface area contributed by atoms with Gasteiger partial charge in [-0.2, -0.15) is 0 Å². The summed E-state index contributed by atoms with van der Waals surface area (Å²) in [5.74, 6) is -2.09. The highest BCUT2D eigenvalue weighted by Crippen LogP contribution is 2.32. The molecule has 228 valence electrons. The lowest BCUT2D eigenvalue weighted by atomic mass is 10.0. The van der Waals surface area contributed by atoms with Gasteiger partial charge in [0.15, 0.2) is 0 Å². The molecule has 0 aromatic heterocycles. The Bertz CT molecular complexity index is 1390. The minimum Gasteiger partial charge on any atom is -0.480 e. The first-order valence-corrected chi connectivity index (χ1v) is 16.0. The SMILES string of the molecule is C[C@H](COC(=O)Nc1cccc2c1CN(C1CCC(=O)NC1=O)C2=O)SSCCC(=O)N(CC(=O)O)Cc1ccccc1. The maximum Gasteiger partial charge on any atom is 0.411 e. The Morgan fingerprint density at radius 1 is 1.14 bits per heavy atom. The van der Waals surface area contributed by atoms with E-state index in [1.807, 2.05) is 37.3 Å². The number of anilines is 1. The fourth-order valence-corrected chi connectivity index (χ4v) is 6.83. The van der Waals surface area contributed by atoms with Gasteiger partial charge in [-0.3, -0.25) is 34.6 Å². The molecule has 2 atom stereocenters. The van der Waals surface area contributed by atoms with E-state index in [-0.39, 0.29) is 68.5 Å². The highest BCUT2D eigenvalue weighted by molar-refractivity contribution is 8.76. The van der Waals surface area contributed by atoms with Crippen molar-refractivity contribution in [2.45, 2.75) is 50.6 Å². The molecule has 43 heavy (non-hydrogen) atoms. The molecule has 1 unspecified atom stereocenters. The molecule has 4 rings (SSSR count). The zero-order valence-electron chi connectivity index (χ0n) is 23.4. The van der Waals surface area contributed by atoms with E-state index < -0.39 is 24.0 Å². The van der Waals surface area contributed by atoms with Crippen LogP contribution in [0.25, 0.3) is 0 Å². The van der Waals surface area contributed by atoms with E-state index in [0.29, 0.717) is 22.6 Å². The summed E-state index contributed by atoms with van der Waals surface area (Å²) in [6, 6.07) is 13.3. The summed E-state index contributed by atoms with van der Waals surface area (Å²) < 4.78 is 5.37. The van der Waals surface area contributed by atoms with E-state index in [1.54, 1.807) is 18.2 Å². The number of hydrogen-bond donors (Lipinski definition) is 3. The van der Waals surface area contributed by atoms with Crippen LogP contribution < -0.4 is 10.6 Å². The van der Waals surface area contributed by atoms with Crippen LogP contribution in [0.15, 0.2) is 48.5 Å². The molecule has 1 fully saturated rings. The molecule has 14 heteroatoms. The number of piperidine rings is 1. The van der Waals surface area contributed by atoms with Gasteiger partial charge in [0.25, 0.3) is 5.91 Å². The number of amides is 5. The van der Waals surface area contributed by atoms with Gasteiger partial charge in [-0.1, -0.05) is 58.0 Å². The normalized spacial score (nSPS) is 16.7. The van der Waals surface area contributed by atoms with E-state index in [0.717, 1.165) is 5.56 Å². The van der Waals surface area contributed by atoms with Crippen LogP contribution in [0.5, 0.6) is 0 Å². The summed E-state index contributed by atoms with van der Waals surface area (Å²) in [4.78, 5) is 76.0. The average Bonchev–Trinajstić information content (AvgIpc) is 3.31. The van der Waals surface area contributed by atoms with Crippen LogP contribution in [0.2, 0.25) is 0 Å². The molecule has 3 N–H and O–H groups in total. The monoisotopic (exact) mass is 628 g/mol. The van der Waals surface area contributed by atoms with Crippen molar-refractivity contribution in [1.82, 2.24) is 15.1 Å². The van der Waals surface area contributed by atoms with Crippen molar-refractivity contribution >= 4 is 63.0 Å². The minimum atomic E-state index is -1.07. The largest absolute Gasteiger partial charge is 0.480 e. The first kappa shape index (κ1) is 31.9. The molecule has 2 aromatic carbocycles. The average molecular weight is 629 g/mol. The summed E-state index contributed by atoms with van der Waals surface area (Å²) in [5.41, 5.74) is 2.20. The number of rotatable bonds is 13. The van der Waals surface area contributed by atoms with Gasteiger partial charge in [0.05, 0.1) is 0 Å². The Morgan fingerprint density at radius 2 is 1.91 bits per heavy atom. The number of hydrogen-bond acceptors (Lipinski definition) is 9. The standard InChI is InChI=1S/C29H32N4O8S2/c1-18(43-42-13-12-25(35)32(16-26(36)37)14-19-6-3-2-4-7-19)17-41-29(40)30-22-9-5-8-20-21(22)15-33(28(20)39)23-10-11-24(34)31-27(23)38/h2-9,18,23H,10-17H2,1H3,(H,30,40)(H,36,37)(H,31,34,38)/t18-,23?/m1/s1. The zero-order chi connectivity index (χ0) is 30.9. The van der Waals surface area contributed by atoms with E-state index in [9.17, 15) is 33.9 Å². The fourth-order valence-electron chi connectivity index (χ4n) is 4.72. The number of nitrogens with one attached hydrogen (secondary N) is 2. The highest BCUT2D eigenvalue weighted by Gasteiger charge is 2.40. The number of carbonyl (C=O) groups excluding carboxylic acids is 5. The minimum absolute atomic E-state index is 0.0902. The number of ether oxygens (including phenoxy) is 1. The van der Waals surface area contributed by atoms with Crippen LogP contribution in [-0.2, 0) is 37.0 Å². The summed E-state index contributed by atoms with van der Waals surface area (Å²) in [5, 5.41) is 14.0. The van der Waals surface area contributed by atoms with Crippen molar-refractivity contribution in [3.8, 4) is 0 Å². The quantitative estimate of drug-likeness (QED) is 0.171. The summed E-state index contributed by atoms with van der Waals surface area (Å²) in [6.07, 6.45) is -0.140. The summed E-state index contributed by atoms with van der Waals surface area (Å²) >= 11 is 0. The van der Waals surface area contributed by atoms with E-state index in [2.05, 4.69) is 10.6 Å². The maximum atomic E-state index is 13.0. The first-order chi connectivity index (χ1) is 20.6. The lowest BCUT2D eigenvalue weighted by Crippen LogP contribution is -2.52. The maximum absolute atomic E-state index is 13.0. The number of nitrogens with zero attached hydrogens (tertiary/aromatic N) is 2. The number of imide groups is 1. The van der Waals surface area contributed by atoms with E-state index in [4.69, 9.17) is 4.74 Å². The van der Waals surface area contributed by atoms with Gasteiger partial charge < -0.3 is 19.6 Å². The van der Waals surface area contributed by atoms with Crippen LogP contribution in [0, 0.1) is 0 Å². The predicted octanol–water partition coefficient (Wildman–Crippen LogP) is 3.27. The number of benzene rings is 2. The molecule has 0 radical (unpaired) electrons. The van der Waals surface area contributed by atoms with Crippen LogP contribution in [0.3, 0.4) is 0 Å². The smallest absolute Gasteiger partial charge is 0.411 e. The highest BCUT2D eigenvalue weighted by atomic mass is 33.1. The van der Waals surface area contributed by atoms with Gasteiger partial charge in [0.1, 0.15) is 19.2 Å². The van der Waals surface area contributed by atoms with Crippen LogP contribution in [-0.4, -0.2) is 80.8 Å². The molecule has 2 aliphatic rings. The van der Waals surface area contributed by atoms with Crippen molar-refractivity contribution in [3.63, 3.8) is 0 Å². The summed E-state index contributed by atoms with van der Waals surface area (Å²) in [7, 11) is 2.88. The van der Waals surface area contributed by atoms with Gasteiger partial charge in [-0.15, -0.1) is 0 Å². The van der Waals surface area contributed by atoms with Gasteiger partial charge in [0, 0.05) is 53.7 Å². The molecule has 0 spiro atoms. The predicted molar refractivity (Wildman–Crippen MR) is 161 cm³/mol. The van der Waals surface area contributed by atoms with Crippen LogP contribution >= 0.6 is 21.6 Å². The number of fused-ring (bicyclic) bond motifs is 1. The molecule has 2 aliphatic heterocycles. The van der Waals surface area contributed by atoms with Crippen molar-refractivity contribution in [3.05, 3.63) is 65.2 Å². The Kier molecular flexibility index (Phi) is 11.1. The molecule has 1 saturated heterocycles. The van der Waals surface area contributed by atoms with Crippen LogP contribution in [0.4, 0.5) is 10.5 Å². The third-order valence-electron chi connectivity index (χ3n) is 6.79. The van der Waals surface area contributed by atoms with Gasteiger partial charge in [-0.05, 0) is 31.0 Å². The second-order valence-electron chi connectivity index (χ2n) is 10.1. The zero-order valence-corrected chi connectivity index (χ0v) is 25.1. The van der Waals surface area contributed by atoms with Gasteiger partial charge >= 0.3 is 12.1 Å². The van der Waals surface area contributed by atoms with Crippen molar-refractivity contribution in [2.75, 3.05) is 24.2 Å². The molecule has 0 saturated carbocycles. The lowest BCUT2D eigenvalue weighted by molar-refractivity contribution is -0.144. The molecule has 0 bridgehead atoms. The Balaban J connectivity index is 1.20. The Hall–Kier alpha value is -4.04. The third-order valence-corrected chi connectivity index (χ3v) is 9.66. The molecule has 0 aliphatic carbocycles. The molecular formula is C29H32N4O8S2. The third kappa shape index (κ3) is 8.74. The molecule has 2 heterocycles. The fraction of sp³-hybridized carbons (Fsp3) is 0.379. The molecular weight excluding hydrogens is 596 g/mol. The van der Waals surface area contributed by atoms with Crippen molar-refractivity contribution < 1.29 is 38.6 Å². The second-order valence-corrected chi connectivity index (χ2v) is 13.0. The number of aliphatic carboxylic acids is 1. The van der Waals surface area contributed by atoms with Crippen molar-refractivity contribution in [1.29, 1.82) is 0 Å². The number of carboxylic acids is 1. The van der Waals surface area contributed by atoms with Crippen molar-refractivity contribution in [2.24, 2.45) is 0 Å². The molecule has 5 amide bonds. The second kappa shape index (κ2) is 14.9. The van der Waals surface area contributed by atoms with Gasteiger partial charge in [0.2, 0.25) is 17.7 Å². The Labute approximate surface area is 256 Å².